The minimum absolute atomic E-state index is 0.149. The zero-order valence-electron chi connectivity index (χ0n) is 13.1. The Morgan fingerprint density at radius 2 is 1.72 bits per heavy atom. The molecule has 3 aromatic carbocycles. The number of carbonyl (C=O) groups excluding carboxylic acids is 1. The summed E-state index contributed by atoms with van der Waals surface area (Å²) in [5.74, 6) is -0.149. The standard InChI is InChI=1S/C20H13ClN2OS/c21-16-7-3-4-8-17(16)22-20-23-19(24)18(25-20)12-13-9-10-14-5-1-2-6-15(14)11-13/h1-12H,(H,22,23,24)/b18-12+. The predicted octanol–water partition coefficient (Wildman–Crippen LogP) is 5.38. The Labute approximate surface area is 154 Å². The van der Waals surface area contributed by atoms with E-state index in [0.717, 1.165) is 10.9 Å². The number of hydrogen-bond acceptors (Lipinski definition) is 3. The minimum atomic E-state index is -0.149. The molecule has 3 nitrogen and oxygen atoms in total. The molecule has 1 aliphatic heterocycles. The Balaban J connectivity index is 1.63. The Morgan fingerprint density at radius 3 is 2.56 bits per heavy atom. The summed E-state index contributed by atoms with van der Waals surface area (Å²) in [6.45, 7) is 0. The summed E-state index contributed by atoms with van der Waals surface area (Å²) in [4.78, 5) is 17.3. The molecule has 0 bridgehead atoms. The molecule has 3 aromatic rings. The van der Waals surface area contributed by atoms with Crippen LogP contribution in [0, 0.1) is 0 Å². The van der Waals surface area contributed by atoms with Crippen molar-refractivity contribution < 1.29 is 4.79 Å². The molecule has 5 heteroatoms. The van der Waals surface area contributed by atoms with Gasteiger partial charge in [-0.25, -0.2) is 4.99 Å². The van der Waals surface area contributed by atoms with E-state index in [1.54, 1.807) is 6.07 Å². The number of halogens is 1. The maximum atomic E-state index is 12.2. The van der Waals surface area contributed by atoms with E-state index in [1.807, 2.05) is 42.5 Å². The van der Waals surface area contributed by atoms with E-state index in [4.69, 9.17) is 11.6 Å². The molecular weight excluding hydrogens is 352 g/mol. The summed E-state index contributed by atoms with van der Waals surface area (Å²) >= 11 is 7.43. The van der Waals surface area contributed by atoms with Gasteiger partial charge in [0, 0.05) is 0 Å². The third-order valence-corrected chi connectivity index (χ3v) is 5.03. The zero-order chi connectivity index (χ0) is 17.2. The molecule has 1 aliphatic rings. The number of nitrogens with one attached hydrogen (secondary N) is 1. The highest BCUT2D eigenvalue weighted by molar-refractivity contribution is 8.18. The van der Waals surface area contributed by atoms with Crippen LogP contribution < -0.4 is 5.32 Å². The first-order valence-corrected chi connectivity index (χ1v) is 8.91. The second kappa shape index (κ2) is 6.75. The maximum absolute atomic E-state index is 12.2. The number of carbonyl (C=O) groups is 1. The van der Waals surface area contributed by atoms with Crippen molar-refractivity contribution in [3.63, 3.8) is 0 Å². The molecule has 0 aliphatic carbocycles. The molecule has 4 rings (SSSR count). The minimum Gasteiger partial charge on any atom is -0.300 e. The maximum Gasteiger partial charge on any atom is 0.264 e. The third-order valence-electron chi connectivity index (χ3n) is 3.80. The summed E-state index contributed by atoms with van der Waals surface area (Å²) < 4.78 is 0. The lowest BCUT2D eigenvalue weighted by Gasteiger charge is -2.00. The van der Waals surface area contributed by atoms with E-state index < -0.39 is 0 Å². The van der Waals surface area contributed by atoms with Crippen LogP contribution in [0.25, 0.3) is 16.8 Å². The third kappa shape index (κ3) is 3.45. The van der Waals surface area contributed by atoms with Gasteiger partial charge in [-0.2, -0.15) is 0 Å². The van der Waals surface area contributed by atoms with Crippen LogP contribution in [0.2, 0.25) is 5.02 Å². The first-order chi connectivity index (χ1) is 12.2. The first kappa shape index (κ1) is 15.9. The quantitative estimate of drug-likeness (QED) is 0.620. The van der Waals surface area contributed by atoms with Crippen molar-refractivity contribution in [2.24, 2.45) is 4.99 Å². The fourth-order valence-corrected chi connectivity index (χ4v) is 3.59. The van der Waals surface area contributed by atoms with Crippen LogP contribution in [0.4, 0.5) is 5.69 Å². The fourth-order valence-electron chi connectivity index (χ4n) is 2.58. The molecular formula is C20H13ClN2OS. The van der Waals surface area contributed by atoms with Gasteiger partial charge < -0.3 is 5.32 Å². The monoisotopic (exact) mass is 364 g/mol. The van der Waals surface area contributed by atoms with Gasteiger partial charge in [-0.3, -0.25) is 4.79 Å². The van der Waals surface area contributed by atoms with Crippen LogP contribution >= 0.6 is 23.4 Å². The van der Waals surface area contributed by atoms with Gasteiger partial charge >= 0.3 is 0 Å². The Kier molecular flexibility index (Phi) is 4.30. The van der Waals surface area contributed by atoms with E-state index in [-0.39, 0.29) is 5.91 Å². The smallest absolute Gasteiger partial charge is 0.264 e. The lowest BCUT2D eigenvalue weighted by atomic mass is 10.1. The van der Waals surface area contributed by atoms with Crippen molar-refractivity contribution in [1.29, 1.82) is 0 Å². The molecule has 0 aromatic heterocycles. The molecule has 1 amide bonds. The van der Waals surface area contributed by atoms with Crippen LogP contribution in [0.1, 0.15) is 5.56 Å². The number of hydrogen-bond donors (Lipinski definition) is 1. The number of aliphatic imine (C=N–C) groups is 1. The highest BCUT2D eigenvalue weighted by Gasteiger charge is 2.24. The number of amidine groups is 1. The van der Waals surface area contributed by atoms with Crippen LogP contribution in [0.15, 0.2) is 76.6 Å². The fraction of sp³-hybridized carbons (Fsp3) is 0. The lowest BCUT2D eigenvalue weighted by Crippen LogP contribution is -2.19. The molecule has 1 saturated heterocycles. The van der Waals surface area contributed by atoms with Gasteiger partial charge in [-0.05, 0) is 52.4 Å². The van der Waals surface area contributed by atoms with Crippen LogP contribution in [0.5, 0.6) is 0 Å². The number of fused-ring (bicyclic) bond motifs is 1. The van der Waals surface area contributed by atoms with E-state index in [0.29, 0.717) is 20.8 Å². The summed E-state index contributed by atoms with van der Waals surface area (Å²) in [6, 6.07) is 21.6. The number of amides is 1. The molecule has 1 fully saturated rings. The molecule has 0 unspecified atom stereocenters. The van der Waals surface area contributed by atoms with E-state index in [1.165, 1.54) is 17.1 Å². The van der Waals surface area contributed by atoms with Gasteiger partial charge in [-0.15, -0.1) is 0 Å². The largest absolute Gasteiger partial charge is 0.300 e. The van der Waals surface area contributed by atoms with Gasteiger partial charge in [0.05, 0.1) is 15.6 Å². The van der Waals surface area contributed by atoms with Gasteiger partial charge in [0.2, 0.25) is 0 Å². The Bertz CT molecular complexity index is 1040. The SMILES string of the molecule is O=C1NC(=Nc2ccccc2Cl)S/C1=C/c1ccc2ccccc2c1. The number of para-hydroxylation sites is 1. The van der Waals surface area contributed by atoms with Gasteiger partial charge in [-0.1, -0.05) is 60.1 Å². The van der Waals surface area contributed by atoms with Crippen molar-refractivity contribution in [3.05, 3.63) is 82.2 Å². The van der Waals surface area contributed by atoms with E-state index in [9.17, 15) is 4.79 Å². The van der Waals surface area contributed by atoms with E-state index >= 15 is 0 Å². The highest BCUT2D eigenvalue weighted by Crippen LogP contribution is 2.31. The van der Waals surface area contributed by atoms with Gasteiger partial charge in [0.1, 0.15) is 0 Å². The summed E-state index contributed by atoms with van der Waals surface area (Å²) in [5, 5.41) is 6.19. The lowest BCUT2D eigenvalue weighted by molar-refractivity contribution is -0.115. The molecule has 1 N–H and O–H groups in total. The van der Waals surface area contributed by atoms with Gasteiger partial charge in [0.15, 0.2) is 5.17 Å². The number of benzene rings is 3. The van der Waals surface area contributed by atoms with Crippen LogP contribution in [-0.4, -0.2) is 11.1 Å². The molecule has 25 heavy (non-hydrogen) atoms. The average molecular weight is 365 g/mol. The van der Waals surface area contributed by atoms with Crippen molar-refractivity contribution >= 4 is 57.0 Å². The molecule has 0 saturated carbocycles. The number of rotatable bonds is 2. The topological polar surface area (TPSA) is 41.5 Å². The highest BCUT2D eigenvalue weighted by atomic mass is 35.5. The molecule has 0 spiro atoms. The van der Waals surface area contributed by atoms with Crippen molar-refractivity contribution in [3.8, 4) is 0 Å². The first-order valence-electron chi connectivity index (χ1n) is 7.72. The molecule has 122 valence electrons. The second-order valence-electron chi connectivity index (χ2n) is 5.54. The van der Waals surface area contributed by atoms with Gasteiger partial charge in [0.25, 0.3) is 5.91 Å². The number of thioether (sulfide) groups is 1. The van der Waals surface area contributed by atoms with Crippen molar-refractivity contribution in [2.75, 3.05) is 0 Å². The second-order valence-corrected chi connectivity index (χ2v) is 6.98. The Hall–Kier alpha value is -2.56. The van der Waals surface area contributed by atoms with Crippen molar-refractivity contribution in [1.82, 2.24) is 5.32 Å². The average Bonchev–Trinajstić information content (AvgIpc) is 2.96. The summed E-state index contributed by atoms with van der Waals surface area (Å²) in [6.07, 6.45) is 1.88. The van der Waals surface area contributed by atoms with Crippen LogP contribution in [0.3, 0.4) is 0 Å². The summed E-state index contributed by atoms with van der Waals surface area (Å²) in [7, 11) is 0. The summed E-state index contributed by atoms with van der Waals surface area (Å²) in [5.41, 5.74) is 1.62. The van der Waals surface area contributed by atoms with E-state index in [2.05, 4.69) is 34.6 Å². The number of nitrogens with zero attached hydrogens (tertiary/aromatic N) is 1. The molecule has 0 atom stereocenters. The Morgan fingerprint density at radius 1 is 0.960 bits per heavy atom. The normalized spacial score (nSPS) is 17.4. The predicted molar refractivity (Wildman–Crippen MR) is 106 cm³/mol. The molecule has 1 heterocycles. The van der Waals surface area contributed by atoms with Crippen LogP contribution in [-0.2, 0) is 4.79 Å². The zero-order valence-corrected chi connectivity index (χ0v) is 14.6. The van der Waals surface area contributed by atoms with Crippen molar-refractivity contribution in [2.45, 2.75) is 0 Å². The molecule has 0 radical (unpaired) electrons.